The van der Waals surface area contributed by atoms with Crippen LogP contribution in [-0.2, 0) is 14.3 Å². The zero-order valence-corrected chi connectivity index (χ0v) is 42.9. The summed E-state index contributed by atoms with van der Waals surface area (Å²) in [5.74, 6) is -0.190. The molecule has 0 aliphatic carbocycles. The molecular weight excluding hydrogens is 935 g/mol. The maximum atomic E-state index is 14.2. The number of nitrogens with zero attached hydrogens (tertiary/aromatic N) is 9. The third kappa shape index (κ3) is 12.0. The van der Waals surface area contributed by atoms with E-state index in [1.807, 2.05) is 75.7 Å². The minimum Gasteiger partial charge on any atom is -0.507 e. The number of likely N-dealkylation sites (tertiary alicyclic amines) is 1. The lowest BCUT2D eigenvalue weighted by molar-refractivity contribution is -0.141. The van der Waals surface area contributed by atoms with Crippen molar-refractivity contribution in [2.75, 3.05) is 102 Å². The van der Waals surface area contributed by atoms with Gasteiger partial charge >= 0.3 is 0 Å². The fraction of sp³-hybridized carbons (Fsp3) is 0.547. The van der Waals surface area contributed by atoms with Crippen LogP contribution in [0, 0.1) is 12.8 Å². The predicted octanol–water partition coefficient (Wildman–Crippen LogP) is 5.58. The number of aliphatic hydroxyl groups excluding tert-OH is 1. The molecule has 1 spiro atoms. The quantitative estimate of drug-likeness (QED) is 0.0790. The van der Waals surface area contributed by atoms with Crippen molar-refractivity contribution in [1.29, 1.82) is 0 Å². The monoisotopic (exact) mass is 1010 g/mol. The fourth-order valence-corrected chi connectivity index (χ4v) is 11.6. The van der Waals surface area contributed by atoms with E-state index in [0.29, 0.717) is 35.3 Å². The highest BCUT2D eigenvalue weighted by atomic mass is 32.1. The number of carbonyl (C=O) groups is 2. The minimum absolute atomic E-state index is 0.0632. The number of piperidine rings is 1. The highest BCUT2D eigenvalue weighted by Gasteiger charge is 2.44. The summed E-state index contributed by atoms with van der Waals surface area (Å²) in [6.45, 7) is 19.4. The lowest BCUT2D eigenvalue weighted by atomic mass is 9.89. The second kappa shape index (κ2) is 23.0. The number of hydrogen-bond donors (Lipinski definition) is 4. The van der Waals surface area contributed by atoms with Crippen molar-refractivity contribution in [3.63, 3.8) is 0 Å². The fourth-order valence-electron chi connectivity index (χ4n) is 10.8. The van der Waals surface area contributed by atoms with Crippen molar-refractivity contribution in [3.8, 4) is 33.3 Å². The Balaban J connectivity index is 0.672. The summed E-state index contributed by atoms with van der Waals surface area (Å²) in [7, 11) is 0. The molecule has 0 bridgehead atoms. The van der Waals surface area contributed by atoms with Gasteiger partial charge in [0.2, 0.25) is 11.8 Å². The molecule has 4 saturated heterocycles. The number of aliphatic hydroxyl groups is 1. The van der Waals surface area contributed by atoms with Gasteiger partial charge in [0.25, 0.3) is 5.88 Å². The average Bonchev–Trinajstić information content (AvgIpc) is 4.14. The molecule has 4 aliphatic rings. The summed E-state index contributed by atoms with van der Waals surface area (Å²) in [5.41, 5.74) is 13.1. The number of rotatable bonds is 18. The molecule has 19 heteroatoms. The van der Waals surface area contributed by atoms with Gasteiger partial charge in [-0.15, -0.1) is 21.5 Å². The van der Waals surface area contributed by atoms with E-state index >= 15 is 0 Å². The van der Waals surface area contributed by atoms with Crippen LogP contribution in [0.3, 0.4) is 0 Å². The number of aromatic nitrogens is 4. The molecule has 0 saturated carbocycles. The van der Waals surface area contributed by atoms with Crippen LogP contribution in [0.25, 0.3) is 21.7 Å². The van der Waals surface area contributed by atoms with Gasteiger partial charge in [-0.2, -0.15) is 0 Å². The van der Waals surface area contributed by atoms with Crippen LogP contribution in [0.4, 0.5) is 11.5 Å². The van der Waals surface area contributed by atoms with Crippen molar-refractivity contribution in [1.82, 2.24) is 45.3 Å². The van der Waals surface area contributed by atoms with Crippen LogP contribution < -0.4 is 20.7 Å². The lowest BCUT2D eigenvalue weighted by Crippen LogP contribution is -2.57. The second-order valence-electron chi connectivity index (χ2n) is 20.4. The van der Waals surface area contributed by atoms with Gasteiger partial charge in [0.15, 0.2) is 11.6 Å². The van der Waals surface area contributed by atoms with E-state index in [1.165, 1.54) is 4.90 Å². The maximum absolute atomic E-state index is 14.2. The molecule has 4 atom stereocenters. The first kappa shape index (κ1) is 51.2. The summed E-state index contributed by atoms with van der Waals surface area (Å²) >= 11 is 1.59. The number of unbranched alkanes of at least 4 members (excludes halogenated alkanes) is 1. The molecule has 1 unspecified atom stereocenters. The van der Waals surface area contributed by atoms with Crippen molar-refractivity contribution in [2.45, 2.75) is 89.5 Å². The largest absolute Gasteiger partial charge is 0.507 e. The molecule has 7 heterocycles. The Hall–Kier alpha value is -5.70. The number of nitrogens with two attached hydrogens (primary N) is 1. The van der Waals surface area contributed by atoms with Crippen LogP contribution >= 0.6 is 11.3 Å². The molecule has 4 aliphatic heterocycles. The van der Waals surface area contributed by atoms with Gasteiger partial charge in [0.05, 0.1) is 51.8 Å². The number of amides is 2. The second-order valence-corrected chi connectivity index (χ2v) is 21.2. The molecule has 2 amide bonds. The Morgan fingerprint density at radius 3 is 2.36 bits per heavy atom. The molecule has 0 radical (unpaired) electrons. The van der Waals surface area contributed by atoms with E-state index < -0.39 is 18.1 Å². The number of aryl methyl sites for hydroxylation is 1. The number of phenolic OH excluding ortho intramolecular Hbond substituents is 1. The smallest absolute Gasteiger partial charge is 0.254 e. The third-order valence-electron chi connectivity index (χ3n) is 15.0. The summed E-state index contributed by atoms with van der Waals surface area (Å²) in [6.07, 6.45) is 3.46. The van der Waals surface area contributed by atoms with Gasteiger partial charge in [0, 0.05) is 83.5 Å². The van der Waals surface area contributed by atoms with E-state index in [0.717, 1.165) is 132 Å². The van der Waals surface area contributed by atoms with E-state index in [4.69, 9.17) is 19.7 Å². The molecule has 5 aromatic rings. The van der Waals surface area contributed by atoms with Crippen LogP contribution in [0.1, 0.15) is 81.9 Å². The van der Waals surface area contributed by atoms with Gasteiger partial charge in [0.1, 0.15) is 24.3 Å². The number of hydrogen-bond acceptors (Lipinski definition) is 17. The number of piperazine rings is 1. The summed E-state index contributed by atoms with van der Waals surface area (Å²) in [5, 5.41) is 36.8. The number of morpholine rings is 1. The molecule has 386 valence electrons. The highest BCUT2D eigenvalue weighted by Crippen LogP contribution is 2.37. The topological polar surface area (TPSA) is 212 Å². The van der Waals surface area contributed by atoms with Gasteiger partial charge < -0.3 is 50.0 Å². The molecule has 2 aromatic carbocycles. The molecule has 9 rings (SSSR count). The van der Waals surface area contributed by atoms with E-state index in [-0.39, 0.29) is 48.1 Å². The Morgan fingerprint density at radius 2 is 1.65 bits per heavy atom. The number of phenols is 1. The molecular formula is C53H71N11O7S. The average molecular weight is 1010 g/mol. The number of benzene rings is 2. The Labute approximate surface area is 426 Å². The van der Waals surface area contributed by atoms with Gasteiger partial charge in [-0.25, -0.2) is 4.98 Å². The van der Waals surface area contributed by atoms with E-state index in [2.05, 4.69) is 45.3 Å². The number of aromatic hydroxyl groups is 1. The van der Waals surface area contributed by atoms with Crippen LogP contribution in [0.5, 0.6) is 11.6 Å². The number of nitrogens with one attached hydrogen (secondary N) is 1. The molecule has 18 nitrogen and oxygen atoms in total. The number of β-amino-alcohol motifs (C(OH)–C–C–N with tert-alkyl or cyclic N) is 1. The molecule has 5 N–H and O–H groups in total. The molecule has 3 aromatic heterocycles. The van der Waals surface area contributed by atoms with Crippen molar-refractivity contribution in [3.05, 3.63) is 83.2 Å². The Morgan fingerprint density at radius 1 is 0.931 bits per heavy atom. The number of thiazole rings is 1. The van der Waals surface area contributed by atoms with Gasteiger partial charge in [-0.3, -0.25) is 19.4 Å². The van der Waals surface area contributed by atoms with E-state index in [9.17, 15) is 19.8 Å². The minimum atomic E-state index is -0.818. The van der Waals surface area contributed by atoms with Crippen LogP contribution in [0.2, 0.25) is 0 Å². The highest BCUT2D eigenvalue weighted by molar-refractivity contribution is 7.13. The van der Waals surface area contributed by atoms with Crippen molar-refractivity contribution < 1.29 is 33.8 Å². The SMILES string of the molecule is Cc1ncsc1-c1ccc([C@H](C)NC(=O)[C@@H]2C[C@@H](O)CN2C(=O)C(c2cc(OCCN3CCN(CCCCN4CCOC5(CCN(c6cc(-c7ccccc7O)nnc6N)CC5)C4)CC3)no2)C(C)C)cc1. The standard InChI is InChI=1S/C53H71N11O7S/c1-35(2)48(52(68)64-32-40(65)29-44(64)51(67)56-36(3)38-11-13-39(14-12-38)49-37(4)55-34-72-49)46-31-47(59-71-46)69-27-25-61-23-21-60(22-24-61)17-7-8-18-62-26-28-70-53(33-62)15-19-63(20-16-53)43-30-42(57-58-50(43)54)41-9-5-6-10-45(41)66/h5-6,9-14,30-31,34-36,40,44,48,65-66H,7-8,15-29,32-33H2,1-4H3,(H2,54,58)(H,56,67)/t36-,40+,44-,48?/m0/s1. The van der Waals surface area contributed by atoms with Crippen LogP contribution in [-0.4, -0.2) is 171 Å². The zero-order valence-electron chi connectivity index (χ0n) is 42.1. The first-order valence-electron chi connectivity index (χ1n) is 25.7. The first-order valence-corrected chi connectivity index (χ1v) is 26.6. The number of anilines is 2. The van der Waals surface area contributed by atoms with E-state index in [1.54, 1.807) is 29.5 Å². The van der Waals surface area contributed by atoms with Gasteiger partial charge in [-0.1, -0.05) is 50.2 Å². The Bertz CT molecular complexity index is 2590. The zero-order chi connectivity index (χ0) is 50.4. The summed E-state index contributed by atoms with van der Waals surface area (Å²) < 4.78 is 18.3. The van der Waals surface area contributed by atoms with Crippen molar-refractivity contribution in [2.24, 2.45) is 5.92 Å². The first-order chi connectivity index (χ1) is 34.8. The van der Waals surface area contributed by atoms with Gasteiger partial charge in [-0.05, 0) is 93.0 Å². The Kier molecular flexibility index (Phi) is 16.4. The normalized spacial score (nSPS) is 20.8. The summed E-state index contributed by atoms with van der Waals surface area (Å²) in [4.78, 5) is 44.7. The summed E-state index contributed by atoms with van der Waals surface area (Å²) in [6, 6.07) is 17.7. The number of ether oxygens (including phenoxy) is 2. The number of carbonyl (C=O) groups excluding carboxylic acids is 2. The molecule has 72 heavy (non-hydrogen) atoms. The lowest BCUT2D eigenvalue weighted by Gasteiger charge is -2.48. The number of nitrogen functional groups attached to an aromatic ring is 1. The van der Waals surface area contributed by atoms with Crippen molar-refractivity contribution >= 4 is 34.7 Å². The predicted molar refractivity (Wildman–Crippen MR) is 277 cm³/mol. The molecule has 4 fully saturated rings. The number of para-hydroxylation sites is 1. The maximum Gasteiger partial charge on any atom is 0.254 e. The van der Waals surface area contributed by atoms with Crippen LogP contribution in [0.15, 0.2) is 70.7 Å². The third-order valence-corrected chi connectivity index (χ3v) is 16.0.